The van der Waals surface area contributed by atoms with Crippen molar-refractivity contribution in [3.8, 4) is 0 Å². The first-order valence-electron chi connectivity index (χ1n) is 14.0. The maximum atomic E-state index is 15.9. The van der Waals surface area contributed by atoms with Crippen LogP contribution in [0, 0.1) is 13.8 Å². The molecule has 3 aliphatic rings. The molecule has 3 aliphatic heterocycles. The Bertz CT molecular complexity index is 1680. The van der Waals surface area contributed by atoms with Gasteiger partial charge in [0.15, 0.2) is 7.14 Å². The Morgan fingerprint density at radius 3 is 1.77 bits per heavy atom. The molecule has 0 aromatic heterocycles. The van der Waals surface area contributed by atoms with E-state index in [1.165, 1.54) is 11.1 Å². The van der Waals surface area contributed by atoms with Gasteiger partial charge in [-0.3, -0.25) is 0 Å². The van der Waals surface area contributed by atoms with Gasteiger partial charge < -0.3 is 19.5 Å². The number of carboxylic acid groups (broad SMARTS) is 1. The Morgan fingerprint density at radius 2 is 1.30 bits per heavy atom. The standard InChI is InChI=1S/C34H33N2O3P/c1-20-14-24(34(37)38)15-21(2)32(20)33-26-16-22-10-12-35(3)28(22)18-30(26)40(39,25-8-6-5-7-9-25)31-19-29-23(17-27(31)33)11-13-36(29)4/h5-9,14-19,33H,10-13H2,1-4H3,(H,37,38). The van der Waals surface area contributed by atoms with Crippen LogP contribution in [0.15, 0.2) is 66.7 Å². The third kappa shape index (κ3) is 3.47. The number of hydrogen-bond donors (Lipinski definition) is 1. The topological polar surface area (TPSA) is 60.9 Å². The molecule has 3 heterocycles. The fourth-order valence-electron chi connectivity index (χ4n) is 7.30. The lowest BCUT2D eigenvalue weighted by atomic mass is 9.78. The van der Waals surface area contributed by atoms with Crippen LogP contribution in [-0.4, -0.2) is 38.3 Å². The van der Waals surface area contributed by atoms with Crippen molar-refractivity contribution in [1.29, 1.82) is 0 Å². The van der Waals surface area contributed by atoms with Crippen LogP contribution in [-0.2, 0) is 17.4 Å². The van der Waals surface area contributed by atoms with Crippen molar-refractivity contribution in [3.63, 3.8) is 0 Å². The van der Waals surface area contributed by atoms with Crippen LogP contribution in [0.2, 0.25) is 0 Å². The smallest absolute Gasteiger partial charge is 0.335 e. The lowest BCUT2D eigenvalue weighted by molar-refractivity contribution is 0.0696. The monoisotopic (exact) mass is 548 g/mol. The van der Waals surface area contributed by atoms with Crippen LogP contribution in [0.25, 0.3) is 0 Å². The van der Waals surface area contributed by atoms with Gasteiger partial charge in [-0.15, -0.1) is 0 Å². The summed E-state index contributed by atoms with van der Waals surface area (Å²) in [6, 6.07) is 22.6. The highest BCUT2D eigenvalue weighted by molar-refractivity contribution is 7.85. The van der Waals surface area contributed by atoms with Gasteiger partial charge in [-0.2, -0.15) is 0 Å². The van der Waals surface area contributed by atoms with Crippen molar-refractivity contribution in [2.75, 3.05) is 37.0 Å². The zero-order chi connectivity index (χ0) is 27.9. The number of rotatable bonds is 3. The van der Waals surface area contributed by atoms with Gasteiger partial charge >= 0.3 is 5.97 Å². The van der Waals surface area contributed by atoms with E-state index in [0.29, 0.717) is 5.56 Å². The van der Waals surface area contributed by atoms with E-state index < -0.39 is 13.1 Å². The molecule has 0 unspecified atom stereocenters. The molecule has 1 N–H and O–H groups in total. The van der Waals surface area contributed by atoms with E-state index in [2.05, 4.69) is 48.2 Å². The number of hydrogen-bond acceptors (Lipinski definition) is 4. The first-order valence-corrected chi connectivity index (χ1v) is 15.7. The van der Waals surface area contributed by atoms with Gasteiger partial charge in [0, 0.05) is 60.4 Å². The number of likely N-dealkylation sites (N-methyl/N-ethyl adjacent to an activating group) is 2. The maximum Gasteiger partial charge on any atom is 0.335 e. The molecule has 0 fully saturated rings. The molecular formula is C34H33N2O3P. The Hall–Kier alpha value is -3.82. The van der Waals surface area contributed by atoms with Gasteiger partial charge in [-0.25, -0.2) is 4.79 Å². The highest BCUT2D eigenvalue weighted by Crippen LogP contribution is 2.55. The first-order chi connectivity index (χ1) is 19.2. The van der Waals surface area contributed by atoms with E-state index in [4.69, 9.17) is 0 Å². The lowest BCUT2D eigenvalue weighted by Gasteiger charge is -2.37. The summed E-state index contributed by atoms with van der Waals surface area (Å²) in [5.74, 6) is -1.05. The van der Waals surface area contributed by atoms with Gasteiger partial charge in [-0.1, -0.05) is 42.5 Å². The average Bonchev–Trinajstić information content (AvgIpc) is 3.50. The fourth-order valence-corrected chi connectivity index (χ4v) is 10.4. The number of aromatic carboxylic acids is 1. The van der Waals surface area contributed by atoms with Crippen LogP contribution >= 0.6 is 7.14 Å². The van der Waals surface area contributed by atoms with Crippen LogP contribution in [0.4, 0.5) is 11.4 Å². The van der Waals surface area contributed by atoms with Crippen LogP contribution in [0.5, 0.6) is 0 Å². The normalized spacial score (nSPS) is 20.6. The summed E-state index contributed by atoms with van der Waals surface area (Å²) >= 11 is 0. The Kier molecular flexibility index (Phi) is 5.56. The van der Waals surface area contributed by atoms with Crippen molar-refractivity contribution in [2.24, 2.45) is 0 Å². The Labute approximate surface area is 235 Å². The molecule has 0 saturated carbocycles. The quantitative estimate of drug-likeness (QED) is 0.317. The molecule has 6 heteroatoms. The fraction of sp³-hybridized carbons (Fsp3) is 0.265. The number of nitrogens with zero attached hydrogens (tertiary/aromatic N) is 2. The van der Waals surface area contributed by atoms with Crippen molar-refractivity contribution in [3.05, 3.63) is 111 Å². The minimum Gasteiger partial charge on any atom is -0.478 e. The van der Waals surface area contributed by atoms with E-state index in [9.17, 15) is 9.90 Å². The second-order valence-electron chi connectivity index (χ2n) is 11.6. The second kappa shape index (κ2) is 8.84. The lowest BCUT2D eigenvalue weighted by Crippen LogP contribution is -2.37. The Balaban J connectivity index is 1.61. The minimum atomic E-state index is -3.22. The highest BCUT2D eigenvalue weighted by atomic mass is 31.2. The molecule has 5 nitrogen and oxygen atoms in total. The molecule has 0 atom stereocenters. The van der Waals surface area contributed by atoms with Gasteiger partial charge in [0.25, 0.3) is 0 Å². The Morgan fingerprint density at radius 1 is 0.800 bits per heavy atom. The summed E-state index contributed by atoms with van der Waals surface area (Å²) in [4.78, 5) is 16.4. The summed E-state index contributed by atoms with van der Waals surface area (Å²) in [5.41, 5.74) is 10.4. The van der Waals surface area contributed by atoms with E-state index in [1.807, 2.05) is 44.2 Å². The van der Waals surface area contributed by atoms with Crippen LogP contribution in [0.3, 0.4) is 0 Å². The molecule has 0 aliphatic carbocycles. The zero-order valence-corrected chi connectivity index (χ0v) is 24.3. The molecule has 0 spiro atoms. The number of carboxylic acids is 1. The van der Waals surface area contributed by atoms with Gasteiger partial charge in [-0.05, 0) is 89.9 Å². The molecule has 4 aromatic carbocycles. The van der Waals surface area contributed by atoms with Gasteiger partial charge in [0.05, 0.1) is 5.56 Å². The van der Waals surface area contributed by atoms with E-state index in [-0.39, 0.29) is 5.92 Å². The number of carbonyl (C=O) groups is 1. The molecule has 0 radical (unpaired) electrons. The third-order valence-electron chi connectivity index (χ3n) is 9.26. The number of anilines is 2. The predicted molar refractivity (Wildman–Crippen MR) is 164 cm³/mol. The van der Waals surface area contributed by atoms with Crippen LogP contribution < -0.4 is 25.7 Å². The van der Waals surface area contributed by atoms with Crippen molar-refractivity contribution in [2.45, 2.75) is 32.6 Å². The second-order valence-corrected chi connectivity index (χ2v) is 14.3. The summed E-state index contributed by atoms with van der Waals surface area (Å²) in [6.45, 7) is 5.91. The molecule has 0 bridgehead atoms. The summed E-state index contributed by atoms with van der Waals surface area (Å²) in [5, 5.41) is 12.4. The van der Waals surface area contributed by atoms with E-state index >= 15 is 4.57 Å². The van der Waals surface area contributed by atoms with Crippen molar-refractivity contribution < 1.29 is 14.5 Å². The van der Waals surface area contributed by atoms with E-state index in [1.54, 1.807) is 12.1 Å². The SMILES string of the molecule is Cc1cc(C(=O)O)cc(C)c1C1c2cc3c(cc2P(=O)(c2ccccc2)c2cc4c(cc21)CCN4C)N(C)CC3. The summed E-state index contributed by atoms with van der Waals surface area (Å²) < 4.78 is 15.9. The highest BCUT2D eigenvalue weighted by Gasteiger charge is 2.45. The van der Waals surface area contributed by atoms with Gasteiger partial charge in [0.2, 0.25) is 0 Å². The summed E-state index contributed by atoms with van der Waals surface area (Å²) in [7, 11) is 1.000. The first kappa shape index (κ1) is 25.2. The largest absolute Gasteiger partial charge is 0.478 e. The molecule has 0 amide bonds. The maximum absolute atomic E-state index is 15.9. The molecular weight excluding hydrogens is 515 g/mol. The molecule has 4 aromatic rings. The number of fused-ring (bicyclic) bond motifs is 4. The zero-order valence-electron chi connectivity index (χ0n) is 23.4. The van der Waals surface area contributed by atoms with Crippen molar-refractivity contribution in [1.82, 2.24) is 0 Å². The molecule has 0 saturated heterocycles. The number of aryl methyl sites for hydroxylation is 2. The molecule has 202 valence electrons. The molecule has 7 rings (SSSR count). The summed E-state index contributed by atoms with van der Waals surface area (Å²) in [6.07, 6.45) is 1.92. The van der Waals surface area contributed by atoms with Crippen molar-refractivity contribution >= 4 is 40.4 Å². The predicted octanol–water partition coefficient (Wildman–Crippen LogP) is 5.12. The van der Waals surface area contributed by atoms with Gasteiger partial charge in [0.1, 0.15) is 0 Å². The number of benzene rings is 4. The van der Waals surface area contributed by atoms with Crippen LogP contribution in [0.1, 0.15) is 55.2 Å². The molecule has 40 heavy (non-hydrogen) atoms. The van der Waals surface area contributed by atoms with E-state index in [0.717, 1.165) is 81.0 Å². The average molecular weight is 549 g/mol. The minimum absolute atomic E-state index is 0.133. The third-order valence-corrected chi connectivity index (χ3v) is 12.4.